The van der Waals surface area contributed by atoms with E-state index < -0.39 is 0 Å². The molecule has 0 bridgehead atoms. The number of ketones is 1. The topological polar surface area (TPSA) is 17.1 Å². The molecule has 0 fully saturated rings. The maximum Gasteiger partial charge on any atom is 0.173 e. The summed E-state index contributed by atoms with van der Waals surface area (Å²) in [4.78, 5) is 14.1. The molecule has 0 saturated carbocycles. The third-order valence-electron chi connectivity index (χ3n) is 3.58. The molecule has 0 amide bonds. The van der Waals surface area contributed by atoms with Crippen LogP contribution < -0.4 is 0 Å². The first kappa shape index (κ1) is 13.2. The van der Waals surface area contributed by atoms with E-state index in [-0.39, 0.29) is 11.7 Å². The summed E-state index contributed by atoms with van der Waals surface area (Å²) < 4.78 is 0. The van der Waals surface area contributed by atoms with Gasteiger partial charge >= 0.3 is 0 Å². The highest BCUT2D eigenvalue weighted by atomic mass is 35.5. The first-order chi connectivity index (χ1) is 9.18. The van der Waals surface area contributed by atoms with Gasteiger partial charge in [-0.1, -0.05) is 29.3 Å². The smallest absolute Gasteiger partial charge is 0.173 e. The van der Waals surface area contributed by atoms with Crippen molar-refractivity contribution < 1.29 is 4.79 Å². The van der Waals surface area contributed by atoms with Crippen molar-refractivity contribution in [1.82, 2.24) is 0 Å². The second kappa shape index (κ2) is 5.28. The van der Waals surface area contributed by atoms with Gasteiger partial charge in [0.05, 0.1) is 15.6 Å². The number of thiophene rings is 1. The molecule has 1 aliphatic carbocycles. The first-order valence-corrected chi connectivity index (χ1v) is 7.86. The number of Topliss-reactive ketones (excluding diaryl/α,β-unsaturated/α-hetero) is 1. The van der Waals surface area contributed by atoms with Gasteiger partial charge in [0.2, 0.25) is 0 Å². The molecule has 1 aliphatic rings. The Labute approximate surface area is 126 Å². The summed E-state index contributed by atoms with van der Waals surface area (Å²) in [5, 5.41) is 2.95. The Morgan fingerprint density at radius 3 is 2.68 bits per heavy atom. The van der Waals surface area contributed by atoms with Gasteiger partial charge in [-0.3, -0.25) is 4.79 Å². The van der Waals surface area contributed by atoms with Gasteiger partial charge < -0.3 is 0 Å². The highest BCUT2D eigenvalue weighted by Gasteiger charge is 2.30. The van der Waals surface area contributed by atoms with E-state index in [1.807, 2.05) is 0 Å². The second-order valence-corrected chi connectivity index (χ2v) is 6.52. The van der Waals surface area contributed by atoms with Crippen molar-refractivity contribution in [3.05, 3.63) is 55.7 Å². The number of rotatable bonds is 2. The van der Waals surface area contributed by atoms with Crippen molar-refractivity contribution in [3.8, 4) is 0 Å². The van der Waals surface area contributed by atoms with Crippen LogP contribution in [0.2, 0.25) is 10.0 Å². The van der Waals surface area contributed by atoms with Gasteiger partial charge in [0.15, 0.2) is 5.78 Å². The van der Waals surface area contributed by atoms with Gasteiger partial charge in [-0.2, -0.15) is 0 Å². The summed E-state index contributed by atoms with van der Waals surface area (Å²) in [5.41, 5.74) is 1.63. The highest BCUT2D eigenvalue weighted by Crippen LogP contribution is 2.39. The molecule has 1 nitrogen and oxygen atoms in total. The number of hydrogen-bond donors (Lipinski definition) is 0. The van der Waals surface area contributed by atoms with Gasteiger partial charge in [-0.25, -0.2) is 0 Å². The Bertz CT molecular complexity index is 613. The number of aryl methyl sites for hydroxylation is 1. The molecule has 19 heavy (non-hydrogen) atoms. The van der Waals surface area contributed by atoms with Crippen molar-refractivity contribution >= 4 is 40.3 Å². The zero-order valence-electron chi connectivity index (χ0n) is 10.2. The number of halogens is 2. The number of fused-ring (bicyclic) bond motifs is 1. The second-order valence-electron chi connectivity index (χ2n) is 4.70. The van der Waals surface area contributed by atoms with E-state index in [1.165, 1.54) is 4.88 Å². The predicted molar refractivity (Wildman–Crippen MR) is 80.8 cm³/mol. The normalized spacial score (nSPS) is 18.1. The van der Waals surface area contributed by atoms with Gasteiger partial charge in [0, 0.05) is 10.8 Å². The third kappa shape index (κ3) is 2.33. The molecule has 1 atom stereocenters. The lowest BCUT2D eigenvalue weighted by atomic mass is 9.82. The molecule has 3 rings (SSSR count). The van der Waals surface area contributed by atoms with E-state index in [0.717, 1.165) is 24.8 Å². The summed E-state index contributed by atoms with van der Waals surface area (Å²) in [6.45, 7) is 0. The minimum atomic E-state index is -0.0904. The average Bonchev–Trinajstić information content (AvgIpc) is 2.86. The lowest BCUT2D eigenvalue weighted by Crippen LogP contribution is -2.18. The van der Waals surface area contributed by atoms with Crippen LogP contribution in [0, 0.1) is 0 Å². The summed E-state index contributed by atoms with van der Waals surface area (Å²) in [6.07, 6.45) is 3.00. The van der Waals surface area contributed by atoms with E-state index in [4.69, 9.17) is 23.2 Å². The minimum Gasteiger partial charge on any atom is -0.293 e. The van der Waals surface area contributed by atoms with Crippen molar-refractivity contribution in [1.29, 1.82) is 0 Å². The minimum absolute atomic E-state index is 0.0509. The van der Waals surface area contributed by atoms with Crippen LogP contribution in [0.25, 0.3) is 0 Å². The van der Waals surface area contributed by atoms with Gasteiger partial charge in [0.1, 0.15) is 0 Å². The van der Waals surface area contributed by atoms with Gasteiger partial charge in [-0.15, -0.1) is 11.3 Å². The molecule has 4 heteroatoms. The summed E-state index contributed by atoms with van der Waals surface area (Å²) in [6, 6.07) is 7.26. The van der Waals surface area contributed by atoms with Crippen LogP contribution in [0.3, 0.4) is 0 Å². The highest BCUT2D eigenvalue weighted by molar-refractivity contribution is 7.10. The van der Waals surface area contributed by atoms with Crippen molar-refractivity contribution in [2.45, 2.75) is 25.2 Å². The predicted octanol–water partition coefficient (Wildman–Crippen LogP) is 5.36. The summed E-state index contributed by atoms with van der Waals surface area (Å²) >= 11 is 14.0. The van der Waals surface area contributed by atoms with Crippen molar-refractivity contribution in [2.75, 3.05) is 0 Å². The van der Waals surface area contributed by atoms with Crippen LogP contribution in [0.1, 0.15) is 39.6 Å². The molecule has 0 aliphatic heterocycles. The lowest BCUT2D eigenvalue weighted by molar-refractivity contribution is 0.0951. The SMILES string of the molecule is O=C(c1c(Cl)cccc1Cl)C1CCCc2sccc21. The molecule has 0 saturated heterocycles. The fourth-order valence-corrected chi connectivity index (χ4v) is 4.24. The van der Waals surface area contributed by atoms with Crippen LogP contribution >= 0.6 is 34.5 Å². The molecule has 0 spiro atoms. The van der Waals surface area contributed by atoms with Crippen LogP contribution in [-0.4, -0.2) is 5.78 Å². The molecule has 98 valence electrons. The van der Waals surface area contributed by atoms with Crippen LogP contribution in [0.5, 0.6) is 0 Å². The lowest BCUT2D eigenvalue weighted by Gasteiger charge is -2.22. The maximum absolute atomic E-state index is 12.7. The number of carbonyl (C=O) groups is 1. The zero-order chi connectivity index (χ0) is 13.4. The van der Waals surface area contributed by atoms with E-state index in [2.05, 4.69) is 11.4 Å². The van der Waals surface area contributed by atoms with Gasteiger partial charge in [-0.05, 0) is 48.4 Å². The molecular formula is C15H12Cl2OS. The summed E-state index contributed by atoms with van der Waals surface area (Å²) in [7, 11) is 0. The molecule has 2 aromatic rings. The van der Waals surface area contributed by atoms with Crippen LogP contribution in [-0.2, 0) is 6.42 Å². The molecule has 1 unspecified atom stereocenters. The van der Waals surface area contributed by atoms with Crippen molar-refractivity contribution in [3.63, 3.8) is 0 Å². The number of carbonyl (C=O) groups excluding carboxylic acids is 1. The molecule has 1 aromatic heterocycles. The molecule has 1 aromatic carbocycles. The monoisotopic (exact) mass is 310 g/mol. The van der Waals surface area contributed by atoms with E-state index in [1.54, 1.807) is 29.5 Å². The fourth-order valence-electron chi connectivity index (χ4n) is 2.67. The Morgan fingerprint density at radius 1 is 1.21 bits per heavy atom. The van der Waals surface area contributed by atoms with E-state index >= 15 is 0 Å². The van der Waals surface area contributed by atoms with Crippen molar-refractivity contribution in [2.24, 2.45) is 0 Å². The number of hydrogen-bond acceptors (Lipinski definition) is 2. The first-order valence-electron chi connectivity index (χ1n) is 6.23. The Kier molecular flexibility index (Phi) is 3.66. The Morgan fingerprint density at radius 2 is 1.95 bits per heavy atom. The van der Waals surface area contributed by atoms with Crippen LogP contribution in [0.15, 0.2) is 29.6 Å². The number of benzene rings is 1. The molecule has 0 N–H and O–H groups in total. The molecule has 1 heterocycles. The van der Waals surface area contributed by atoms with E-state index in [9.17, 15) is 4.79 Å². The fraction of sp³-hybridized carbons (Fsp3) is 0.267. The van der Waals surface area contributed by atoms with E-state index in [0.29, 0.717) is 15.6 Å². The Hall–Kier alpha value is -0.830. The molecule has 0 radical (unpaired) electrons. The largest absolute Gasteiger partial charge is 0.293 e. The molecular weight excluding hydrogens is 299 g/mol. The third-order valence-corrected chi connectivity index (χ3v) is 5.20. The quantitative estimate of drug-likeness (QED) is 0.683. The Balaban J connectivity index is 2.03. The average molecular weight is 311 g/mol. The standard InChI is InChI=1S/C15H12Cl2OS/c16-11-4-2-5-12(17)14(11)15(18)10-3-1-6-13-9(10)7-8-19-13/h2,4-5,7-8,10H,1,3,6H2. The van der Waals surface area contributed by atoms with Crippen LogP contribution in [0.4, 0.5) is 0 Å². The summed E-state index contributed by atoms with van der Waals surface area (Å²) in [5.74, 6) is -0.0395. The zero-order valence-corrected chi connectivity index (χ0v) is 12.5. The maximum atomic E-state index is 12.7. The van der Waals surface area contributed by atoms with Gasteiger partial charge in [0.25, 0.3) is 0 Å².